The molecular weight excluding hydrogens is 386 g/mol. The molecule has 0 radical (unpaired) electrons. The molecule has 0 aromatic heterocycles. The number of rotatable bonds is 6. The number of ether oxygens (including phenoxy) is 2. The van der Waals surface area contributed by atoms with Gasteiger partial charge in [-0.15, -0.1) is 0 Å². The van der Waals surface area contributed by atoms with Crippen LogP contribution in [-0.2, 0) is 14.8 Å². The van der Waals surface area contributed by atoms with Gasteiger partial charge in [0.15, 0.2) is 0 Å². The largest absolute Gasteiger partial charge is 0.496 e. The van der Waals surface area contributed by atoms with Crippen LogP contribution in [0.25, 0.3) is 0 Å². The minimum atomic E-state index is -3.73. The van der Waals surface area contributed by atoms with E-state index in [1.807, 2.05) is 43.3 Å². The molecule has 2 aromatic rings. The molecule has 0 bridgehead atoms. The van der Waals surface area contributed by atoms with Gasteiger partial charge in [-0.05, 0) is 44.4 Å². The summed E-state index contributed by atoms with van der Waals surface area (Å²) in [5.41, 5.74) is 1.86. The van der Waals surface area contributed by atoms with Crippen LogP contribution >= 0.6 is 0 Å². The van der Waals surface area contributed by atoms with E-state index in [-0.39, 0.29) is 16.9 Å². The second-order valence-electron chi connectivity index (χ2n) is 7.87. The summed E-state index contributed by atoms with van der Waals surface area (Å²) >= 11 is 0. The fraction of sp³-hybridized carbons (Fsp3) is 0.391. The van der Waals surface area contributed by atoms with Crippen molar-refractivity contribution in [3.63, 3.8) is 0 Å². The van der Waals surface area contributed by atoms with E-state index in [9.17, 15) is 8.42 Å². The molecule has 1 aliphatic heterocycles. The first-order chi connectivity index (χ1) is 13.7. The Labute approximate surface area is 174 Å². The first-order valence-electron chi connectivity index (χ1n) is 9.82. The highest BCUT2D eigenvalue weighted by Gasteiger charge is 2.40. The lowest BCUT2D eigenvalue weighted by Gasteiger charge is -2.41. The molecule has 0 N–H and O–H groups in total. The Balaban J connectivity index is 2.12. The minimum absolute atomic E-state index is 0.279. The summed E-state index contributed by atoms with van der Waals surface area (Å²) in [6.45, 7) is 7.89. The van der Waals surface area contributed by atoms with Crippen molar-refractivity contribution >= 4 is 10.0 Å². The molecular formula is C23H29NO4S. The summed E-state index contributed by atoms with van der Waals surface area (Å²) in [6.07, 6.45) is 1.80. The zero-order chi connectivity index (χ0) is 21.2. The summed E-state index contributed by atoms with van der Waals surface area (Å²) < 4.78 is 40.3. The van der Waals surface area contributed by atoms with Crippen molar-refractivity contribution in [3.8, 4) is 5.75 Å². The van der Waals surface area contributed by atoms with Crippen LogP contribution in [0.4, 0.5) is 0 Å². The number of benzene rings is 2. The van der Waals surface area contributed by atoms with Crippen molar-refractivity contribution in [2.45, 2.75) is 51.2 Å². The summed E-state index contributed by atoms with van der Waals surface area (Å²) in [5.74, 6) is 1.52. The number of para-hydroxylation sites is 1. The van der Waals surface area contributed by atoms with Crippen molar-refractivity contribution in [1.82, 2.24) is 4.31 Å². The normalized spacial score (nSPS) is 19.7. The van der Waals surface area contributed by atoms with E-state index < -0.39 is 16.1 Å². The topological polar surface area (TPSA) is 55.8 Å². The van der Waals surface area contributed by atoms with Gasteiger partial charge in [0.25, 0.3) is 10.0 Å². The maximum absolute atomic E-state index is 13.6. The van der Waals surface area contributed by atoms with Crippen molar-refractivity contribution in [2.24, 2.45) is 5.92 Å². The fourth-order valence-corrected chi connectivity index (χ4v) is 5.24. The van der Waals surface area contributed by atoms with Crippen molar-refractivity contribution in [2.75, 3.05) is 7.11 Å². The van der Waals surface area contributed by atoms with E-state index in [1.54, 1.807) is 32.4 Å². The molecule has 29 heavy (non-hydrogen) atoms. The molecule has 3 rings (SSSR count). The number of allylic oxidation sites excluding steroid dienone is 1. The monoisotopic (exact) mass is 415 g/mol. The zero-order valence-electron chi connectivity index (χ0n) is 17.6. The van der Waals surface area contributed by atoms with E-state index in [0.29, 0.717) is 17.9 Å². The Hall–Kier alpha value is -2.47. The van der Waals surface area contributed by atoms with E-state index >= 15 is 0 Å². The standard InChI is InChI=1S/C23H29NO4S/c1-16(2)14-21-23(20-8-6-7-9-22(20)27-5)28-18(4)15-24(21)29(25,26)19-12-10-17(3)11-13-19/h6-13,15-16,21,23H,14H2,1-5H3/t21-,23+/m0/s1. The Bertz CT molecular complexity index is 980. The van der Waals surface area contributed by atoms with Crippen LogP contribution in [-0.4, -0.2) is 25.9 Å². The molecule has 1 aliphatic rings. The quantitative estimate of drug-likeness (QED) is 0.663. The first-order valence-corrected chi connectivity index (χ1v) is 11.3. The van der Waals surface area contributed by atoms with Crippen LogP contribution in [0.2, 0.25) is 0 Å². The Morgan fingerprint density at radius 3 is 2.34 bits per heavy atom. The number of methoxy groups -OCH3 is 1. The van der Waals surface area contributed by atoms with Gasteiger partial charge in [-0.3, -0.25) is 4.31 Å². The van der Waals surface area contributed by atoms with Gasteiger partial charge in [0.2, 0.25) is 0 Å². The van der Waals surface area contributed by atoms with Gasteiger partial charge in [-0.25, -0.2) is 8.42 Å². The zero-order valence-corrected chi connectivity index (χ0v) is 18.4. The number of hydrogen-bond acceptors (Lipinski definition) is 4. The molecule has 5 nitrogen and oxygen atoms in total. The number of hydrogen-bond donors (Lipinski definition) is 0. The molecule has 0 fully saturated rings. The highest BCUT2D eigenvalue weighted by atomic mass is 32.2. The van der Waals surface area contributed by atoms with E-state index in [2.05, 4.69) is 13.8 Å². The molecule has 6 heteroatoms. The lowest BCUT2D eigenvalue weighted by molar-refractivity contribution is 0.0285. The van der Waals surface area contributed by atoms with Gasteiger partial charge < -0.3 is 9.47 Å². The SMILES string of the molecule is COc1ccccc1[C@H]1OC(C)=CN(S(=O)(=O)c2ccc(C)cc2)[C@H]1CC(C)C. The molecule has 2 atom stereocenters. The Morgan fingerprint density at radius 1 is 1.07 bits per heavy atom. The van der Waals surface area contributed by atoms with E-state index in [0.717, 1.165) is 11.1 Å². The fourth-order valence-electron chi connectivity index (χ4n) is 3.68. The van der Waals surface area contributed by atoms with Crippen LogP contribution in [0.3, 0.4) is 0 Å². The molecule has 0 saturated carbocycles. The molecule has 2 aromatic carbocycles. The van der Waals surface area contributed by atoms with E-state index in [1.165, 1.54) is 4.31 Å². The maximum Gasteiger partial charge on any atom is 0.264 e. The summed E-state index contributed by atoms with van der Waals surface area (Å²) in [7, 11) is -2.12. The van der Waals surface area contributed by atoms with Gasteiger partial charge in [-0.1, -0.05) is 49.7 Å². The van der Waals surface area contributed by atoms with Gasteiger partial charge >= 0.3 is 0 Å². The number of nitrogens with zero attached hydrogens (tertiary/aromatic N) is 1. The summed E-state index contributed by atoms with van der Waals surface area (Å²) in [5, 5.41) is 0. The smallest absolute Gasteiger partial charge is 0.264 e. The Morgan fingerprint density at radius 2 is 1.72 bits per heavy atom. The van der Waals surface area contributed by atoms with Gasteiger partial charge in [0.05, 0.1) is 24.2 Å². The molecule has 0 amide bonds. The van der Waals surface area contributed by atoms with Crippen molar-refractivity contribution in [1.29, 1.82) is 0 Å². The number of aryl methyl sites for hydroxylation is 1. The molecule has 156 valence electrons. The maximum atomic E-state index is 13.6. The molecule has 0 spiro atoms. The lowest BCUT2D eigenvalue weighted by Crippen LogP contribution is -2.44. The van der Waals surface area contributed by atoms with Crippen LogP contribution in [0.5, 0.6) is 5.75 Å². The highest BCUT2D eigenvalue weighted by Crippen LogP contribution is 2.41. The van der Waals surface area contributed by atoms with Gasteiger partial charge in [-0.2, -0.15) is 0 Å². The third-order valence-electron chi connectivity index (χ3n) is 5.05. The second-order valence-corrected chi connectivity index (χ2v) is 9.71. The predicted octanol–water partition coefficient (Wildman–Crippen LogP) is 5.04. The van der Waals surface area contributed by atoms with Crippen LogP contribution < -0.4 is 4.74 Å². The summed E-state index contributed by atoms with van der Waals surface area (Å²) in [6, 6.07) is 14.2. The average Bonchev–Trinajstić information content (AvgIpc) is 2.69. The van der Waals surface area contributed by atoms with Gasteiger partial charge in [0.1, 0.15) is 17.6 Å². The first kappa shape index (κ1) is 21.2. The lowest BCUT2D eigenvalue weighted by atomic mass is 9.93. The Kier molecular flexibility index (Phi) is 6.22. The molecule has 0 aliphatic carbocycles. The second kappa shape index (κ2) is 8.49. The number of sulfonamides is 1. The average molecular weight is 416 g/mol. The summed E-state index contributed by atoms with van der Waals surface area (Å²) in [4.78, 5) is 0.279. The third kappa shape index (κ3) is 4.42. The highest BCUT2D eigenvalue weighted by molar-refractivity contribution is 7.89. The van der Waals surface area contributed by atoms with E-state index in [4.69, 9.17) is 9.47 Å². The molecule has 1 heterocycles. The van der Waals surface area contributed by atoms with Crippen LogP contribution in [0.1, 0.15) is 44.4 Å². The minimum Gasteiger partial charge on any atom is -0.496 e. The van der Waals surface area contributed by atoms with Crippen LogP contribution in [0.15, 0.2) is 65.4 Å². The predicted molar refractivity (Wildman–Crippen MR) is 114 cm³/mol. The van der Waals surface area contributed by atoms with Gasteiger partial charge in [0, 0.05) is 5.56 Å². The molecule has 0 saturated heterocycles. The third-order valence-corrected chi connectivity index (χ3v) is 6.85. The van der Waals surface area contributed by atoms with Crippen LogP contribution in [0, 0.1) is 12.8 Å². The van der Waals surface area contributed by atoms with Crippen molar-refractivity contribution in [3.05, 3.63) is 71.6 Å². The molecule has 0 unspecified atom stereocenters. The van der Waals surface area contributed by atoms with Crippen molar-refractivity contribution < 1.29 is 17.9 Å².